The highest BCUT2D eigenvalue weighted by Crippen LogP contribution is 2.38. The Bertz CT molecular complexity index is 744. The first-order chi connectivity index (χ1) is 10.00. The molecule has 0 aliphatic carbocycles. The van der Waals surface area contributed by atoms with E-state index in [0.29, 0.717) is 19.4 Å². The van der Waals surface area contributed by atoms with Crippen molar-refractivity contribution in [3.63, 3.8) is 0 Å². The molecule has 1 atom stereocenters. The molecule has 3 rings (SSSR count). The molecule has 112 valence electrons. The van der Waals surface area contributed by atoms with E-state index in [-0.39, 0.29) is 6.04 Å². The second-order valence-corrected chi connectivity index (χ2v) is 7.70. The summed E-state index contributed by atoms with van der Waals surface area (Å²) in [4.78, 5) is 0.332. The Hall–Kier alpha value is -1.31. The van der Waals surface area contributed by atoms with Crippen LogP contribution in [0.5, 0.6) is 0 Å². The summed E-state index contributed by atoms with van der Waals surface area (Å²) in [6.45, 7) is 0.320. The summed E-state index contributed by atoms with van der Waals surface area (Å²) < 4.78 is 53.7. The molecule has 0 radical (unpaired) electrons. The third-order valence-electron chi connectivity index (χ3n) is 3.56. The molecule has 1 saturated heterocycles. The van der Waals surface area contributed by atoms with Gasteiger partial charge in [-0.3, -0.25) is 0 Å². The van der Waals surface area contributed by atoms with E-state index >= 15 is 0 Å². The van der Waals surface area contributed by atoms with Crippen LogP contribution in [0, 0.1) is 11.6 Å². The Morgan fingerprint density at radius 2 is 2.05 bits per heavy atom. The van der Waals surface area contributed by atoms with E-state index in [2.05, 4.69) is 0 Å². The van der Waals surface area contributed by atoms with Crippen LogP contribution in [0.3, 0.4) is 0 Å². The first-order valence-corrected chi connectivity index (χ1v) is 8.82. The molecule has 0 bridgehead atoms. The molecule has 3 nitrogen and oxygen atoms in total. The second kappa shape index (κ2) is 5.47. The standard InChI is InChI=1S/C14H13F2NO2S2/c15-10-5-6-11(16)14(9-10)21(18,19)17-7-1-3-12(17)13-4-2-8-20-13/h2,4-6,8-9,12H,1,3,7H2/t12-/m1/s1. The Morgan fingerprint density at radius 3 is 2.76 bits per heavy atom. The van der Waals surface area contributed by atoms with Gasteiger partial charge in [0.25, 0.3) is 0 Å². The van der Waals surface area contributed by atoms with Gasteiger partial charge in [0.2, 0.25) is 10.0 Å². The van der Waals surface area contributed by atoms with E-state index in [1.54, 1.807) is 0 Å². The van der Waals surface area contributed by atoms with E-state index in [0.717, 1.165) is 23.1 Å². The molecule has 21 heavy (non-hydrogen) atoms. The summed E-state index contributed by atoms with van der Waals surface area (Å²) in [6.07, 6.45) is 1.40. The van der Waals surface area contributed by atoms with Crippen molar-refractivity contribution in [1.82, 2.24) is 4.31 Å². The molecular formula is C14H13F2NO2S2. The highest BCUT2D eigenvalue weighted by atomic mass is 32.2. The first-order valence-electron chi connectivity index (χ1n) is 6.50. The van der Waals surface area contributed by atoms with Gasteiger partial charge in [0.15, 0.2) is 0 Å². The lowest BCUT2D eigenvalue weighted by Gasteiger charge is -2.23. The normalized spacial score (nSPS) is 20.0. The molecule has 7 heteroatoms. The van der Waals surface area contributed by atoms with Crippen molar-refractivity contribution in [3.8, 4) is 0 Å². The minimum absolute atomic E-state index is 0.294. The van der Waals surface area contributed by atoms with Crippen molar-refractivity contribution in [2.75, 3.05) is 6.54 Å². The summed E-state index contributed by atoms with van der Waals surface area (Å²) in [5.41, 5.74) is 0. The molecule has 0 N–H and O–H groups in total. The predicted molar refractivity (Wildman–Crippen MR) is 76.5 cm³/mol. The van der Waals surface area contributed by atoms with Crippen LogP contribution in [0.25, 0.3) is 0 Å². The summed E-state index contributed by atoms with van der Waals surface area (Å²) >= 11 is 1.47. The largest absolute Gasteiger partial charge is 0.246 e. The van der Waals surface area contributed by atoms with Gasteiger partial charge < -0.3 is 0 Å². The highest BCUT2D eigenvalue weighted by molar-refractivity contribution is 7.89. The molecule has 0 spiro atoms. The second-order valence-electron chi connectivity index (χ2n) is 4.86. The van der Waals surface area contributed by atoms with E-state index in [9.17, 15) is 17.2 Å². The summed E-state index contributed by atoms with van der Waals surface area (Å²) in [6, 6.07) is 5.93. The fourth-order valence-corrected chi connectivity index (χ4v) is 5.29. The van der Waals surface area contributed by atoms with Gasteiger partial charge in [0.05, 0.1) is 6.04 Å². The average molecular weight is 329 g/mol. The van der Waals surface area contributed by atoms with Gasteiger partial charge in [-0.25, -0.2) is 17.2 Å². The topological polar surface area (TPSA) is 37.4 Å². The Labute approximate surface area is 125 Å². The van der Waals surface area contributed by atoms with Gasteiger partial charge in [-0.2, -0.15) is 4.31 Å². The third-order valence-corrected chi connectivity index (χ3v) is 6.45. The first kappa shape index (κ1) is 14.6. The van der Waals surface area contributed by atoms with E-state index in [4.69, 9.17) is 0 Å². The molecule has 0 saturated carbocycles. The number of rotatable bonds is 3. The Morgan fingerprint density at radius 1 is 1.24 bits per heavy atom. The van der Waals surface area contributed by atoms with E-state index < -0.39 is 26.6 Å². The summed E-state index contributed by atoms with van der Waals surface area (Å²) in [5.74, 6) is -1.69. The van der Waals surface area contributed by atoms with Crippen molar-refractivity contribution >= 4 is 21.4 Å². The lowest BCUT2D eigenvalue weighted by Crippen LogP contribution is -2.31. The maximum absolute atomic E-state index is 13.8. The third kappa shape index (κ3) is 2.61. The predicted octanol–water partition coefficient (Wildman–Crippen LogP) is 3.55. The quantitative estimate of drug-likeness (QED) is 0.863. The van der Waals surface area contributed by atoms with Gasteiger partial charge in [-0.1, -0.05) is 6.07 Å². The van der Waals surface area contributed by atoms with Crippen LogP contribution in [0.15, 0.2) is 40.6 Å². The number of halogens is 2. The summed E-state index contributed by atoms with van der Waals surface area (Å²) in [7, 11) is -4.04. The molecule has 0 unspecified atom stereocenters. The summed E-state index contributed by atoms with van der Waals surface area (Å²) in [5, 5.41) is 1.88. The number of hydrogen-bond acceptors (Lipinski definition) is 3. The maximum Gasteiger partial charge on any atom is 0.246 e. The minimum Gasteiger partial charge on any atom is -0.207 e. The molecule has 1 fully saturated rings. The van der Waals surface area contributed by atoms with E-state index in [1.165, 1.54) is 15.6 Å². The van der Waals surface area contributed by atoms with Crippen molar-refractivity contribution in [2.24, 2.45) is 0 Å². The molecule has 1 aliphatic heterocycles. The molecular weight excluding hydrogens is 316 g/mol. The molecule has 2 aromatic rings. The van der Waals surface area contributed by atoms with Gasteiger partial charge in [-0.05, 0) is 42.5 Å². The zero-order chi connectivity index (χ0) is 15.0. The van der Waals surface area contributed by atoms with Crippen molar-refractivity contribution in [3.05, 3.63) is 52.2 Å². The van der Waals surface area contributed by atoms with Crippen LogP contribution in [-0.4, -0.2) is 19.3 Å². The van der Waals surface area contributed by atoms with Gasteiger partial charge >= 0.3 is 0 Å². The van der Waals surface area contributed by atoms with Gasteiger partial charge in [0.1, 0.15) is 16.5 Å². The number of benzene rings is 1. The van der Waals surface area contributed by atoms with Crippen molar-refractivity contribution in [1.29, 1.82) is 0 Å². The van der Waals surface area contributed by atoms with Crippen LogP contribution in [0.4, 0.5) is 8.78 Å². The van der Waals surface area contributed by atoms with E-state index in [1.807, 2.05) is 17.5 Å². The fourth-order valence-electron chi connectivity index (χ4n) is 2.59. The Kier molecular flexibility index (Phi) is 3.81. The molecule has 1 aromatic heterocycles. The fraction of sp³-hybridized carbons (Fsp3) is 0.286. The number of hydrogen-bond donors (Lipinski definition) is 0. The van der Waals surface area contributed by atoms with Crippen LogP contribution < -0.4 is 0 Å². The zero-order valence-electron chi connectivity index (χ0n) is 11.0. The van der Waals surface area contributed by atoms with Gasteiger partial charge in [0, 0.05) is 11.4 Å². The number of thiophene rings is 1. The van der Waals surface area contributed by atoms with Crippen molar-refractivity contribution in [2.45, 2.75) is 23.8 Å². The van der Waals surface area contributed by atoms with Crippen molar-refractivity contribution < 1.29 is 17.2 Å². The maximum atomic E-state index is 13.8. The lowest BCUT2D eigenvalue weighted by molar-refractivity contribution is 0.397. The molecule has 1 aromatic carbocycles. The van der Waals surface area contributed by atoms with Crippen LogP contribution in [0.1, 0.15) is 23.8 Å². The monoisotopic (exact) mass is 329 g/mol. The number of nitrogens with zero attached hydrogens (tertiary/aromatic N) is 1. The zero-order valence-corrected chi connectivity index (χ0v) is 12.6. The number of sulfonamides is 1. The molecule has 1 aliphatic rings. The highest BCUT2D eigenvalue weighted by Gasteiger charge is 2.38. The average Bonchev–Trinajstić information content (AvgIpc) is 3.10. The van der Waals surface area contributed by atoms with Crippen LogP contribution in [-0.2, 0) is 10.0 Å². The minimum atomic E-state index is -4.04. The van der Waals surface area contributed by atoms with Gasteiger partial charge in [-0.15, -0.1) is 11.3 Å². The SMILES string of the molecule is O=S(=O)(c1cc(F)ccc1F)N1CCC[C@@H]1c1cccs1. The van der Waals surface area contributed by atoms with Crippen LogP contribution >= 0.6 is 11.3 Å². The Balaban J connectivity index is 2.03. The lowest BCUT2D eigenvalue weighted by atomic mass is 10.2. The van der Waals surface area contributed by atoms with Crippen LogP contribution in [0.2, 0.25) is 0 Å². The molecule has 2 heterocycles. The molecule has 0 amide bonds. The smallest absolute Gasteiger partial charge is 0.207 e.